The smallest absolute Gasteiger partial charge is 0.257 e. The molecule has 6 nitrogen and oxygen atoms in total. The molecule has 2 amide bonds. The molecule has 1 aromatic carbocycles. The minimum Gasteiger partial charge on any atom is -0.496 e. The molecule has 3 saturated heterocycles. The van der Waals surface area contributed by atoms with E-state index in [1.54, 1.807) is 25.3 Å². The molecule has 0 aliphatic carbocycles. The maximum absolute atomic E-state index is 13.5. The van der Waals surface area contributed by atoms with Crippen LogP contribution in [0.1, 0.15) is 42.5 Å². The Balaban J connectivity index is 1.39. The van der Waals surface area contributed by atoms with Gasteiger partial charge >= 0.3 is 0 Å². The molecule has 0 aromatic heterocycles. The summed E-state index contributed by atoms with van der Waals surface area (Å²) in [6.45, 7) is 2.65. The van der Waals surface area contributed by atoms with Crippen molar-refractivity contribution < 1.29 is 19.1 Å². The predicted octanol–water partition coefficient (Wildman–Crippen LogP) is 3.71. The number of nitrogens with zero attached hydrogens (tertiary/aromatic N) is 2. The third kappa shape index (κ3) is 5.32. The van der Waals surface area contributed by atoms with Crippen molar-refractivity contribution in [3.05, 3.63) is 28.8 Å². The highest BCUT2D eigenvalue weighted by molar-refractivity contribution is 7.99. The van der Waals surface area contributed by atoms with Crippen molar-refractivity contribution in [2.45, 2.75) is 44.2 Å². The van der Waals surface area contributed by atoms with E-state index in [4.69, 9.17) is 21.1 Å². The number of hydrogen-bond acceptors (Lipinski definition) is 5. The first-order valence-corrected chi connectivity index (χ1v) is 12.7. The summed E-state index contributed by atoms with van der Waals surface area (Å²) in [7, 11) is 1.55. The monoisotopic (exact) mass is 466 g/mol. The Labute approximate surface area is 193 Å². The van der Waals surface area contributed by atoms with Gasteiger partial charge in [0.25, 0.3) is 5.91 Å². The number of piperidine rings is 1. The molecule has 2 atom stereocenters. The van der Waals surface area contributed by atoms with Crippen LogP contribution in [0.25, 0.3) is 0 Å². The zero-order valence-corrected chi connectivity index (χ0v) is 19.6. The Kier molecular flexibility index (Phi) is 7.67. The number of methoxy groups -OCH3 is 1. The van der Waals surface area contributed by atoms with Gasteiger partial charge in [-0.2, -0.15) is 11.8 Å². The summed E-state index contributed by atoms with van der Waals surface area (Å²) in [4.78, 5) is 30.5. The standard InChI is InChI=1S/C23H31ClN2O4S/c1-29-21-5-4-17(24)13-20(21)23(28)25-9-6-16(7-10-25)22(27)26(18-8-12-31-15-18)14-19-3-2-11-30-19/h4-5,13,16,18-19H,2-3,6-12,14-15H2,1H3. The van der Waals surface area contributed by atoms with Gasteiger partial charge in [0.2, 0.25) is 5.91 Å². The zero-order chi connectivity index (χ0) is 21.8. The Morgan fingerprint density at radius 3 is 2.71 bits per heavy atom. The van der Waals surface area contributed by atoms with Gasteiger partial charge in [0.15, 0.2) is 0 Å². The van der Waals surface area contributed by atoms with Crippen LogP contribution in [0.3, 0.4) is 0 Å². The fourth-order valence-corrected chi connectivity index (χ4v) is 6.17. The van der Waals surface area contributed by atoms with Gasteiger partial charge in [0, 0.05) is 49.0 Å². The molecular formula is C23H31ClN2O4S. The van der Waals surface area contributed by atoms with Crippen LogP contribution in [-0.2, 0) is 9.53 Å². The third-order valence-electron chi connectivity index (χ3n) is 6.58. The van der Waals surface area contributed by atoms with E-state index in [9.17, 15) is 9.59 Å². The average Bonchev–Trinajstić information content (AvgIpc) is 3.51. The Morgan fingerprint density at radius 2 is 2.06 bits per heavy atom. The number of carbonyl (C=O) groups excluding carboxylic acids is 2. The zero-order valence-electron chi connectivity index (χ0n) is 18.1. The number of rotatable bonds is 6. The van der Waals surface area contributed by atoms with Crippen molar-refractivity contribution in [1.29, 1.82) is 0 Å². The number of benzene rings is 1. The van der Waals surface area contributed by atoms with Gasteiger partial charge < -0.3 is 19.3 Å². The Bertz CT molecular complexity index is 788. The van der Waals surface area contributed by atoms with Gasteiger partial charge in [-0.15, -0.1) is 0 Å². The van der Waals surface area contributed by atoms with Crippen LogP contribution in [0.4, 0.5) is 0 Å². The molecule has 1 aromatic rings. The number of ether oxygens (including phenoxy) is 2. The summed E-state index contributed by atoms with van der Waals surface area (Å²) in [5.41, 5.74) is 0.475. The van der Waals surface area contributed by atoms with Crippen molar-refractivity contribution in [2.24, 2.45) is 5.92 Å². The van der Waals surface area contributed by atoms with Crippen LogP contribution in [0.15, 0.2) is 18.2 Å². The number of carbonyl (C=O) groups is 2. The SMILES string of the molecule is COc1ccc(Cl)cc1C(=O)N1CCC(C(=O)N(CC2CCCO2)C2CCSC2)CC1. The second kappa shape index (κ2) is 10.5. The first-order chi connectivity index (χ1) is 15.1. The number of likely N-dealkylation sites (tertiary alicyclic amines) is 1. The summed E-state index contributed by atoms with van der Waals surface area (Å²) in [6, 6.07) is 5.40. The van der Waals surface area contributed by atoms with Gasteiger partial charge in [-0.3, -0.25) is 9.59 Å². The number of thioether (sulfide) groups is 1. The summed E-state index contributed by atoms with van der Waals surface area (Å²) < 4.78 is 11.2. The van der Waals surface area contributed by atoms with Crippen LogP contribution in [-0.4, -0.2) is 78.6 Å². The number of hydrogen-bond donors (Lipinski definition) is 0. The molecule has 170 valence electrons. The van der Waals surface area contributed by atoms with Crippen LogP contribution in [0, 0.1) is 5.92 Å². The molecule has 8 heteroatoms. The van der Waals surface area contributed by atoms with Crippen molar-refractivity contribution in [1.82, 2.24) is 9.80 Å². The molecule has 2 unspecified atom stereocenters. The second-order valence-electron chi connectivity index (χ2n) is 8.55. The summed E-state index contributed by atoms with van der Waals surface area (Å²) in [5.74, 6) is 2.79. The molecule has 3 heterocycles. The van der Waals surface area contributed by atoms with Gasteiger partial charge in [-0.05, 0) is 56.1 Å². The Morgan fingerprint density at radius 1 is 1.26 bits per heavy atom. The largest absolute Gasteiger partial charge is 0.496 e. The summed E-state index contributed by atoms with van der Waals surface area (Å²) >= 11 is 8.03. The fourth-order valence-electron chi connectivity index (χ4n) is 4.78. The maximum Gasteiger partial charge on any atom is 0.257 e. The third-order valence-corrected chi connectivity index (χ3v) is 7.96. The lowest BCUT2D eigenvalue weighted by atomic mass is 9.93. The van der Waals surface area contributed by atoms with Crippen LogP contribution >= 0.6 is 23.4 Å². The molecule has 0 radical (unpaired) electrons. The van der Waals surface area contributed by atoms with E-state index < -0.39 is 0 Å². The van der Waals surface area contributed by atoms with Gasteiger partial charge in [-0.1, -0.05) is 11.6 Å². The molecule has 0 bridgehead atoms. The molecular weight excluding hydrogens is 436 g/mol. The van der Waals surface area contributed by atoms with Crippen molar-refractivity contribution >= 4 is 35.2 Å². The molecule has 31 heavy (non-hydrogen) atoms. The van der Waals surface area contributed by atoms with Crippen molar-refractivity contribution in [3.63, 3.8) is 0 Å². The van der Waals surface area contributed by atoms with Crippen molar-refractivity contribution in [3.8, 4) is 5.75 Å². The molecule has 0 spiro atoms. The first kappa shape index (κ1) is 22.7. The van der Waals surface area contributed by atoms with E-state index in [2.05, 4.69) is 4.90 Å². The number of halogens is 1. The minimum atomic E-state index is -0.0892. The molecule has 0 N–H and O–H groups in total. The maximum atomic E-state index is 13.5. The summed E-state index contributed by atoms with van der Waals surface area (Å²) in [6.07, 6.45) is 4.74. The van der Waals surface area contributed by atoms with E-state index in [1.165, 1.54) is 0 Å². The van der Waals surface area contributed by atoms with Gasteiger partial charge in [-0.25, -0.2) is 0 Å². The van der Waals surface area contributed by atoms with E-state index in [0.29, 0.717) is 54.9 Å². The van der Waals surface area contributed by atoms with Gasteiger partial charge in [0.05, 0.1) is 18.8 Å². The lowest BCUT2D eigenvalue weighted by molar-refractivity contribution is -0.140. The topological polar surface area (TPSA) is 59.1 Å². The lowest BCUT2D eigenvalue weighted by Crippen LogP contribution is -2.50. The Hall–Kier alpha value is -1.44. The molecule has 3 aliphatic rings. The summed E-state index contributed by atoms with van der Waals surface area (Å²) in [5, 5.41) is 0.508. The average molecular weight is 467 g/mol. The quantitative estimate of drug-likeness (QED) is 0.639. The second-order valence-corrected chi connectivity index (χ2v) is 10.1. The van der Waals surface area contributed by atoms with E-state index in [-0.39, 0.29) is 23.8 Å². The van der Waals surface area contributed by atoms with Crippen molar-refractivity contribution in [2.75, 3.05) is 44.9 Å². The highest BCUT2D eigenvalue weighted by Gasteiger charge is 2.36. The number of amides is 2. The normalized spacial score (nSPS) is 24.4. The highest BCUT2D eigenvalue weighted by atomic mass is 35.5. The molecule has 3 fully saturated rings. The van der Waals surface area contributed by atoms with E-state index in [1.807, 2.05) is 16.7 Å². The lowest BCUT2D eigenvalue weighted by Gasteiger charge is -2.37. The fraction of sp³-hybridized carbons (Fsp3) is 0.652. The molecule has 3 aliphatic heterocycles. The predicted molar refractivity (Wildman–Crippen MR) is 123 cm³/mol. The highest BCUT2D eigenvalue weighted by Crippen LogP contribution is 2.30. The minimum absolute atomic E-state index is 0.0303. The molecule has 0 saturated carbocycles. The van der Waals surface area contributed by atoms with E-state index >= 15 is 0 Å². The van der Waals surface area contributed by atoms with Gasteiger partial charge in [0.1, 0.15) is 5.75 Å². The van der Waals surface area contributed by atoms with Crippen LogP contribution < -0.4 is 4.74 Å². The molecule has 4 rings (SSSR count). The van der Waals surface area contributed by atoms with Crippen LogP contribution in [0.5, 0.6) is 5.75 Å². The van der Waals surface area contributed by atoms with E-state index in [0.717, 1.165) is 37.4 Å². The van der Waals surface area contributed by atoms with Crippen LogP contribution in [0.2, 0.25) is 5.02 Å². The first-order valence-electron chi connectivity index (χ1n) is 11.2.